The molecule has 1 aromatic carbocycles. The fourth-order valence-corrected chi connectivity index (χ4v) is 1.67. The summed E-state index contributed by atoms with van der Waals surface area (Å²) in [5, 5.41) is 17.6. The van der Waals surface area contributed by atoms with Gasteiger partial charge in [-0.1, -0.05) is 6.07 Å². The van der Waals surface area contributed by atoms with Crippen LogP contribution in [-0.2, 0) is 11.3 Å². The Morgan fingerprint density at radius 1 is 1.30 bits per heavy atom. The number of carbonyl (C=O) groups is 1. The summed E-state index contributed by atoms with van der Waals surface area (Å²) in [7, 11) is 0. The van der Waals surface area contributed by atoms with Crippen LogP contribution in [0.15, 0.2) is 43.2 Å². The van der Waals surface area contributed by atoms with Crippen LogP contribution in [0.25, 0.3) is 5.69 Å². The molecular formula is C11H10N8O. The summed E-state index contributed by atoms with van der Waals surface area (Å²) in [5.41, 5.74) is 1.41. The van der Waals surface area contributed by atoms with Gasteiger partial charge in [0.1, 0.15) is 25.5 Å². The summed E-state index contributed by atoms with van der Waals surface area (Å²) >= 11 is 0. The molecule has 0 radical (unpaired) electrons. The first kappa shape index (κ1) is 12.0. The average molecular weight is 270 g/mol. The molecule has 2 heterocycles. The molecule has 9 nitrogen and oxygen atoms in total. The zero-order valence-electron chi connectivity index (χ0n) is 10.3. The van der Waals surface area contributed by atoms with E-state index >= 15 is 0 Å². The van der Waals surface area contributed by atoms with Crippen LogP contribution in [0.4, 0.5) is 5.69 Å². The highest BCUT2D eigenvalue weighted by atomic mass is 16.2. The van der Waals surface area contributed by atoms with E-state index in [-0.39, 0.29) is 12.5 Å². The zero-order valence-corrected chi connectivity index (χ0v) is 10.3. The molecule has 0 saturated carbocycles. The minimum Gasteiger partial charge on any atom is -0.324 e. The monoisotopic (exact) mass is 270 g/mol. The third-order valence-electron chi connectivity index (χ3n) is 2.52. The quantitative estimate of drug-likeness (QED) is 0.709. The lowest BCUT2D eigenvalue weighted by atomic mass is 10.3. The first-order chi connectivity index (χ1) is 9.81. The van der Waals surface area contributed by atoms with E-state index in [1.165, 1.54) is 28.3 Å². The van der Waals surface area contributed by atoms with Gasteiger partial charge in [-0.05, 0) is 28.6 Å². The standard InChI is InChI=1S/C11H10N8O/c20-11(5-18-7-12-6-14-18)15-9-2-1-3-10(4-9)19-8-13-16-17-19/h1-4,6-8H,5H2,(H,15,20). The largest absolute Gasteiger partial charge is 0.324 e. The van der Waals surface area contributed by atoms with Crippen LogP contribution >= 0.6 is 0 Å². The molecule has 3 aromatic rings. The second-order valence-corrected chi connectivity index (χ2v) is 3.95. The maximum atomic E-state index is 11.8. The lowest BCUT2D eigenvalue weighted by Gasteiger charge is -2.06. The SMILES string of the molecule is O=C(Cn1cncn1)Nc1cccc(-n2cnnn2)c1. The van der Waals surface area contributed by atoms with Crippen LogP contribution in [0.1, 0.15) is 0 Å². The number of hydrogen-bond acceptors (Lipinski definition) is 6. The smallest absolute Gasteiger partial charge is 0.246 e. The van der Waals surface area contributed by atoms with E-state index < -0.39 is 0 Å². The number of hydrogen-bond donors (Lipinski definition) is 1. The topological polar surface area (TPSA) is 103 Å². The Kier molecular flexibility index (Phi) is 3.15. The fraction of sp³-hybridized carbons (Fsp3) is 0.0909. The predicted octanol–water partition coefficient (Wildman–Crippen LogP) is -0.108. The van der Waals surface area contributed by atoms with E-state index in [1.54, 1.807) is 12.1 Å². The number of nitrogens with one attached hydrogen (secondary N) is 1. The van der Waals surface area contributed by atoms with Gasteiger partial charge in [0.05, 0.1) is 5.69 Å². The van der Waals surface area contributed by atoms with Crippen LogP contribution in [0, 0.1) is 0 Å². The van der Waals surface area contributed by atoms with Crippen molar-refractivity contribution in [2.45, 2.75) is 6.54 Å². The number of carbonyl (C=O) groups excluding carboxylic acids is 1. The molecule has 0 fully saturated rings. The van der Waals surface area contributed by atoms with Gasteiger partial charge in [-0.25, -0.2) is 14.3 Å². The van der Waals surface area contributed by atoms with Crippen LogP contribution in [-0.4, -0.2) is 40.9 Å². The van der Waals surface area contributed by atoms with E-state index in [4.69, 9.17) is 0 Å². The highest BCUT2D eigenvalue weighted by Crippen LogP contribution is 2.13. The summed E-state index contributed by atoms with van der Waals surface area (Å²) < 4.78 is 2.95. The van der Waals surface area contributed by atoms with E-state index in [0.29, 0.717) is 5.69 Å². The number of tetrazole rings is 1. The highest BCUT2D eigenvalue weighted by molar-refractivity contribution is 5.90. The number of nitrogens with zero attached hydrogens (tertiary/aromatic N) is 7. The van der Waals surface area contributed by atoms with Gasteiger partial charge in [0.25, 0.3) is 0 Å². The first-order valence-electron chi connectivity index (χ1n) is 5.77. The number of amides is 1. The number of aromatic nitrogens is 7. The third kappa shape index (κ3) is 2.66. The lowest BCUT2D eigenvalue weighted by Crippen LogP contribution is -2.19. The van der Waals surface area contributed by atoms with Gasteiger partial charge in [0, 0.05) is 5.69 Å². The Morgan fingerprint density at radius 2 is 2.25 bits per heavy atom. The van der Waals surface area contributed by atoms with Gasteiger partial charge in [0.2, 0.25) is 5.91 Å². The van der Waals surface area contributed by atoms with E-state index in [1.807, 2.05) is 12.1 Å². The Hall–Kier alpha value is -3.10. The maximum absolute atomic E-state index is 11.8. The minimum absolute atomic E-state index is 0.106. The lowest BCUT2D eigenvalue weighted by molar-refractivity contribution is -0.116. The van der Waals surface area contributed by atoms with Gasteiger partial charge < -0.3 is 5.32 Å². The van der Waals surface area contributed by atoms with Gasteiger partial charge in [0.15, 0.2) is 0 Å². The van der Waals surface area contributed by atoms with Crippen molar-refractivity contribution in [1.29, 1.82) is 0 Å². The molecule has 0 spiro atoms. The summed E-state index contributed by atoms with van der Waals surface area (Å²) in [5.74, 6) is -0.190. The van der Waals surface area contributed by atoms with Gasteiger partial charge in [-0.3, -0.25) is 4.79 Å². The van der Waals surface area contributed by atoms with Crippen molar-refractivity contribution in [1.82, 2.24) is 35.0 Å². The molecule has 0 unspecified atom stereocenters. The Labute approximate surface area is 113 Å². The number of rotatable bonds is 4. The number of anilines is 1. The van der Waals surface area contributed by atoms with E-state index in [2.05, 4.69) is 30.9 Å². The van der Waals surface area contributed by atoms with Gasteiger partial charge in [-0.2, -0.15) is 5.10 Å². The van der Waals surface area contributed by atoms with Crippen molar-refractivity contribution >= 4 is 11.6 Å². The Balaban J connectivity index is 1.71. The molecule has 2 aromatic heterocycles. The van der Waals surface area contributed by atoms with Crippen LogP contribution in [0.5, 0.6) is 0 Å². The van der Waals surface area contributed by atoms with E-state index in [9.17, 15) is 4.79 Å². The molecule has 1 amide bonds. The zero-order chi connectivity index (χ0) is 13.8. The van der Waals surface area contributed by atoms with Crippen molar-refractivity contribution in [3.05, 3.63) is 43.2 Å². The summed E-state index contributed by atoms with van der Waals surface area (Å²) in [4.78, 5) is 15.6. The molecule has 0 aliphatic carbocycles. The Bertz CT molecular complexity index is 691. The average Bonchev–Trinajstić information content (AvgIpc) is 3.11. The van der Waals surface area contributed by atoms with Crippen molar-refractivity contribution < 1.29 is 4.79 Å². The Morgan fingerprint density at radius 3 is 3.00 bits per heavy atom. The van der Waals surface area contributed by atoms with Gasteiger partial charge >= 0.3 is 0 Å². The van der Waals surface area contributed by atoms with Crippen molar-refractivity contribution in [3.63, 3.8) is 0 Å². The molecule has 0 aliphatic heterocycles. The molecule has 0 bridgehead atoms. The molecule has 0 atom stereocenters. The summed E-state index contributed by atoms with van der Waals surface area (Å²) in [6, 6.07) is 7.20. The minimum atomic E-state index is -0.190. The van der Waals surface area contributed by atoms with Crippen molar-refractivity contribution in [3.8, 4) is 5.69 Å². The second-order valence-electron chi connectivity index (χ2n) is 3.95. The molecule has 3 rings (SSSR count). The molecule has 9 heteroatoms. The molecule has 1 N–H and O–H groups in total. The molecule has 0 saturated heterocycles. The van der Waals surface area contributed by atoms with Crippen LogP contribution in [0.3, 0.4) is 0 Å². The van der Waals surface area contributed by atoms with E-state index in [0.717, 1.165) is 5.69 Å². The van der Waals surface area contributed by atoms with Crippen molar-refractivity contribution in [2.24, 2.45) is 0 Å². The third-order valence-corrected chi connectivity index (χ3v) is 2.52. The second kappa shape index (κ2) is 5.26. The number of benzene rings is 1. The first-order valence-corrected chi connectivity index (χ1v) is 5.77. The molecule has 20 heavy (non-hydrogen) atoms. The molecule has 100 valence electrons. The van der Waals surface area contributed by atoms with Crippen LogP contribution in [0.2, 0.25) is 0 Å². The summed E-state index contributed by atoms with van der Waals surface area (Å²) in [6.45, 7) is 0.106. The fourth-order valence-electron chi connectivity index (χ4n) is 1.67. The molecule has 0 aliphatic rings. The normalized spacial score (nSPS) is 10.4. The summed E-state index contributed by atoms with van der Waals surface area (Å²) in [6.07, 6.45) is 4.35. The highest BCUT2D eigenvalue weighted by Gasteiger charge is 2.05. The van der Waals surface area contributed by atoms with Gasteiger partial charge in [-0.15, -0.1) is 5.10 Å². The van der Waals surface area contributed by atoms with Crippen LogP contribution < -0.4 is 5.32 Å². The maximum Gasteiger partial charge on any atom is 0.246 e. The van der Waals surface area contributed by atoms with Crippen molar-refractivity contribution in [2.75, 3.05) is 5.32 Å². The predicted molar refractivity (Wildman–Crippen MR) is 67.8 cm³/mol. The molecular weight excluding hydrogens is 260 g/mol.